The highest BCUT2D eigenvalue weighted by molar-refractivity contribution is 5.74. The highest BCUT2D eigenvalue weighted by atomic mass is 14.7. The number of aryl methyl sites for hydroxylation is 1. The number of rotatable bonds is 3. The van der Waals surface area contributed by atoms with Crippen molar-refractivity contribution >= 4 is 0 Å². The van der Waals surface area contributed by atoms with E-state index in [1.807, 2.05) is 19.1 Å². The van der Waals surface area contributed by atoms with Gasteiger partial charge in [0.25, 0.3) is 0 Å². The molecule has 23 heavy (non-hydrogen) atoms. The van der Waals surface area contributed by atoms with Crippen molar-refractivity contribution in [3.05, 3.63) is 46.5 Å². The molecule has 0 saturated carbocycles. The van der Waals surface area contributed by atoms with E-state index in [-0.39, 0.29) is 11.8 Å². The van der Waals surface area contributed by atoms with E-state index in [1.54, 1.807) is 6.20 Å². The molecule has 2 aromatic rings. The van der Waals surface area contributed by atoms with Crippen molar-refractivity contribution in [2.75, 3.05) is 0 Å². The summed E-state index contributed by atoms with van der Waals surface area (Å²) < 4.78 is 0. The number of hydrogen-bond acceptors (Lipinski definition) is 4. The predicted octanol–water partition coefficient (Wildman–Crippen LogP) is 4.44. The lowest BCUT2D eigenvalue weighted by Gasteiger charge is -2.19. The first kappa shape index (κ1) is 16.6. The number of nitrogens with zero attached hydrogens (tertiary/aromatic N) is 4. The van der Waals surface area contributed by atoms with Crippen molar-refractivity contribution in [2.45, 2.75) is 46.5 Å². The summed E-state index contributed by atoms with van der Waals surface area (Å²) in [7, 11) is 0. The van der Waals surface area contributed by atoms with Gasteiger partial charge in [0.2, 0.25) is 0 Å². The van der Waals surface area contributed by atoms with Gasteiger partial charge < -0.3 is 0 Å². The van der Waals surface area contributed by atoms with Gasteiger partial charge in [-0.05, 0) is 53.1 Å². The summed E-state index contributed by atoms with van der Waals surface area (Å²) in [5.41, 5.74) is 5.77. The summed E-state index contributed by atoms with van der Waals surface area (Å²) in [4.78, 5) is 8.58. The van der Waals surface area contributed by atoms with Crippen LogP contribution in [0.5, 0.6) is 0 Å². The minimum absolute atomic E-state index is 0.268. The third-order valence-corrected chi connectivity index (χ3v) is 3.90. The second kappa shape index (κ2) is 6.58. The molecule has 4 heteroatoms. The zero-order valence-corrected chi connectivity index (χ0v) is 14.2. The van der Waals surface area contributed by atoms with Gasteiger partial charge >= 0.3 is 0 Å². The van der Waals surface area contributed by atoms with Crippen molar-refractivity contribution in [2.24, 2.45) is 0 Å². The van der Waals surface area contributed by atoms with Crippen LogP contribution < -0.4 is 0 Å². The van der Waals surface area contributed by atoms with Crippen LogP contribution in [0.15, 0.2) is 18.3 Å². The van der Waals surface area contributed by atoms with Gasteiger partial charge in [-0.2, -0.15) is 10.5 Å². The molecule has 116 valence electrons. The van der Waals surface area contributed by atoms with Crippen LogP contribution in [0.2, 0.25) is 0 Å². The maximum atomic E-state index is 9.26. The second-order valence-corrected chi connectivity index (χ2v) is 6.24. The van der Waals surface area contributed by atoms with Gasteiger partial charge in [0.05, 0.1) is 0 Å². The van der Waals surface area contributed by atoms with Gasteiger partial charge in [-0.25, -0.2) is 9.97 Å². The van der Waals surface area contributed by atoms with E-state index in [2.05, 4.69) is 49.8 Å². The fourth-order valence-corrected chi connectivity index (χ4v) is 2.91. The van der Waals surface area contributed by atoms with Gasteiger partial charge in [0, 0.05) is 11.9 Å². The Labute approximate surface area is 137 Å². The van der Waals surface area contributed by atoms with Crippen molar-refractivity contribution in [3.63, 3.8) is 0 Å². The molecule has 0 bridgehead atoms. The highest BCUT2D eigenvalue weighted by Gasteiger charge is 2.19. The van der Waals surface area contributed by atoms with Crippen LogP contribution in [0.3, 0.4) is 0 Å². The summed E-state index contributed by atoms with van der Waals surface area (Å²) in [6.07, 6.45) is 1.77. The normalized spacial score (nSPS) is 10.7. The summed E-state index contributed by atoms with van der Waals surface area (Å²) in [6.45, 7) is 10.4. The minimum atomic E-state index is 0.268. The number of pyridine rings is 2. The predicted molar refractivity (Wildman–Crippen MR) is 89.8 cm³/mol. The van der Waals surface area contributed by atoms with Crippen LogP contribution in [0, 0.1) is 29.6 Å². The number of hydrogen-bond donors (Lipinski definition) is 0. The van der Waals surface area contributed by atoms with E-state index in [4.69, 9.17) is 0 Å². The van der Waals surface area contributed by atoms with Crippen molar-refractivity contribution in [1.82, 2.24) is 9.97 Å². The molecule has 0 spiro atoms. The standard InChI is InChI=1S/C19H20N4/c1-11(2)18-10-22-14(8-20)6-16(18)17-7-15(9-21)23-13(5)19(17)12(3)4/h6-7,10-12H,1-5H3. The van der Waals surface area contributed by atoms with Crippen molar-refractivity contribution < 1.29 is 0 Å². The zero-order valence-electron chi connectivity index (χ0n) is 14.2. The lowest BCUT2D eigenvalue weighted by Crippen LogP contribution is -2.04. The topological polar surface area (TPSA) is 73.4 Å². The summed E-state index contributed by atoms with van der Waals surface area (Å²) >= 11 is 0. The largest absolute Gasteiger partial charge is 0.245 e. The van der Waals surface area contributed by atoms with Crippen LogP contribution in [-0.4, -0.2) is 9.97 Å². The lowest BCUT2D eigenvalue weighted by molar-refractivity contribution is 0.836. The van der Waals surface area contributed by atoms with E-state index in [1.165, 1.54) is 0 Å². The Balaban J connectivity index is 2.88. The molecule has 0 N–H and O–H groups in total. The first-order valence-corrected chi connectivity index (χ1v) is 7.71. The maximum Gasteiger partial charge on any atom is 0.141 e. The quantitative estimate of drug-likeness (QED) is 0.840. The third kappa shape index (κ3) is 3.22. The zero-order chi connectivity index (χ0) is 17.1. The van der Waals surface area contributed by atoms with E-state index in [0.29, 0.717) is 11.4 Å². The fraction of sp³-hybridized carbons (Fsp3) is 0.368. The molecule has 0 amide bonds. The monoisotopic (exact) mass is 304 g/mol. The molecule has 0 unspecified atom stereocenters. The average molecular weight is 304 g/mol. The molecule has 0 radical (unpaired) electrons. The Kier molecular flexibility index (Phi) is 4.77. The molecule has 2 aromatic heterocycles. The summed E-state index contributed by atoms with van der Waals surface area (Å²) in [5.74, 6) is 0.535. The number of nitriles is 2. The molecule has 2 rings (SSSR count). The molecule has 4 nitrogen and oxygen atoms in total. The lowest BCUT2D eigenvalue weighted by atomic mass is 9.87. The van der Waals surface area contributed by atoms with Gasteiger partial charge in [-0.15, -0.1) is 0 Å². The molecule has 0 aromatic carbocycles. The Morgan fingerprint density at radius 3 is 2.04 bits per heavy atom. The van der Waals surface area contributed by atoms with Crippen LogP contribution in [0.4, 0.5) is 0 Å². The maximum absolute atomic E-state index is 9.26. The van der Waals surface area contributed by atoms with Crippen LogP contribution in [-0.2, 0) is 0 Å². The molecule has 0 fully saturated rings. The van der Waals surface area contributed by atoms with Gasteiger partial charge in [0.1, 0.15) is 23.5 Å². The highest BCUT2D eigenvalue weighted by Crippen LogP contribution is 2.36. The van der Waals surface area contributed by atoms with E-state index >= 15 is 0 Å². The summed E-state index contributed by atoms with van der Waals surface area (Å²) in [5, 5.41) is 18.5. The minimum Gasteiger partial charge on any atom is -0.245 e. The van der Waals surface area contributed by atoms with E-state index in [9.17, 15) is 10.5 Å². The van der Waals surface area contributed by atoms with Crippen molar-refractivity contribution in [1.29, 1.82) is 10.5 Å². The molecular weight excluding hydrogens is 284 g/mol. The molecule has 0 atom stereocenters. The fourth-order valence-electron chi connectivity index (χ4n) is 2.91. The van der Waals surface area contributed by atoms with Gasteiger partial charge in [-0.1, -0.05) is 27.7 Å². The Morgan fingerprint density at radius 2 is 1.52 bits per heavy atom. The molecule has 2 heterocycles. The Bertz CT molecular complexity index is 820. The van der Waals surface area contributed by atoms with Crippen LogP contribution in [0.1, 0.15) is 67.7 Å². The number of aromatic nitrogens is 2. The van der Waals surface area contributed by atoms with E-state index < -0.39 is 0 Å². The molecule has 0 aliphatic carbocycles. The SMILES string of the molecule is Cc1nc(C#N)cc(-c2cc(C#N)ncc2C(C)C)c1C(C)C. The van der Waals surface area contributed by atoms with Crippen molar-refractivity contribution in [3.8, 4) is 23.3 Å². The van der Waals surface area contributed by atoms with Crippen LogP contribution in [0.25, 0.3) is 11.1 Å². The van der Waals surface area contributed by atoms with Gasteiger partial charge in [-0.3, -0.25) is 0 Å². The third-order valence-electron chi connectivity index (χ3n) is 3.90. The molecule has 0 aliphatic rings. The Hall–Kier alpha value is -2.72. The second-order valence-electron chi connectivity index (χ2n) is 6.24. The van der Waals surface area contributed by atoms with Gasteiger partial charge in [0.15, 0.2) is 0 Å². The molecule has 0 saturated heterocycles. The summed E-state index contributed by atoms with van der Waals surface area (Å²) in [6, 6.07) is 7.87. The molecule has 0 aliphatic heterocycles. The van der Waals surface area contributed by atoms with E-state index in [0.717, 1.165) is 27.9 Å². The average Bonchev–Trinajstić information content (AvgIpc) is 2.52. The first-order chi connectivity index (χ1) is 10.9. The molecular formula is C19H20N4. The van der Waals surface area contributed by atoms with Crippen LogP contribution >= 0.6 is 0 Å². The first-order valence-electron chi connectivity index (χ1n) is 7.71. The smallest absolute Gasteiger partial charge is 0.141 e. The Morgan fingerprint density at radius 1 is 0.913 bits per heavy atom.